The third-order valence-corrected chi connectivity index (χ3v) is 26.6. The number of ketones is 3. The van der Waals surface area contributed by atoms with Gasteiger partial charge >= 0.3 is 0 Å². The lowest BCUT2D eigenvalue weighted by atomic mass is 10.1. The van der Waals surface area contributed by atoms with Gasteiger partial charge in [-0.3, -0.25) is 14.4 Å². The van der Waals surface area contributed by atoms with Gasteiger partial charge in [0.05, 0.1) is 42.0 Å². The monoisotopic (exact) mass is 1250 g/mol. The molecule has 0 radical (unpaired) electrons. The Balaban J connectivity index is 0.000000366. The van der Waals surface area contributed by atoms with Gasteiger partial charge in [-0.05, 0) is 172 Å². The molecule has 2 aliphatic heterocycles. The minimum atomic E-state index is -0.378. The molecule has 5 unspecified atom stereocenters. The zero-order valence-corrected chi connectivity index (χ0v) is 54.2. The van der Waals surface area contributed by atoms with Crippen LogP contribution in [0.2, 0.25) is 0 Å². The number of benzene rings is 2. The van der Waals surface area contributed by atoms with E-state index in [9.17, 15) is 14.4 Å². The quantitative estimate of drug-likeness (QED) is 0.0611. The number of hydrogen-bond donors (Lipinski definition) is 0. The van der Waals surface area contributed by atoms with Crippen molar-refractivity contribution in [2.45, 2.75) is 135 Å². The van der Waals surface area contributed by atoms with Crippen LogP contribution in [-0.4, -0.2) is 100 Å². The zero-order valence-electron chi connectivity index (χ0n) is 41.4. The topological polar surface area (TPSA) is 107 Å². The van der Waals surface area contributed by atoms with Crippen molar-refractivity contribution in [3.05, 3.63) is 95.4 Å². The van der Waals surface area contributed by atoms with Crippen LogP contribution in [0, 0.1) is 0 Å². The molecule has 0 amide bonds. The van der Waals surface area contributed by atoms with Crippen molar-refractivity contribution in [3.63, 3.8) is 0 Å². The van der Waals surface area contributed by atoms with Gasteiger partial charge in [0.2, 0.25) is 21.9 Å². The predicted octanol–water partition coefficient (Wildman–Crippen LogP) is 15.4. The molecule has 24 heteroatoms. The van der Waals surface area contributed by atoms with Gasteiger partial charge in [0.1, 0.15) is 9.57 Å². The highest BCUT2D eigenvalue weighted by Gasteiger charge is 2.28. The summed E-state index contributed by atoms with van der Waals surface area (Å²) in [7, 11) is 0.381. The fourth-order valence-electron chi connectivity index (χ4n) is 4.78. The van der Waals surface area contributed by atoms with Gasteiger partial charge in [0, 0.05) is 11.1 Å². The predicted molar refractivity (Wildman–Crippen MR) is 344 cm³/mol. The van der Waals surface area contributed by atoms with Crippen molar-refractivity contribution in [1.29, 1.82) is 0 Å². The second-order valence-electron chi connectivity index (χ2n) is 15.9. The van der Waals surface area contributed by atoms with E-state index in [1.165, 1.54) is 69.4 Å². The SMILES string of the molecule is CC(C)OC(=S)SC1SC(OC(C)C)=[S-]2=C(C=CC=C2)C1=O.CC(C)OC(=S)SPC(PSC(=S)OC(C)C)C(=O)c1ccccc1.CC(C)OC(=S)SPC(SC(=S)OC(C)C)C(=O)c1ccccc1. The van der Waals surface area contributed by atoms with E-state index in [4.69, 9.17) is 89.5 Å². The van der Waals surface area contributed by atoms with Crippen LogP contribution in [0.5, 0.6) is 0 Å². The number of ether oxygens (including phenoxy) is 6. The molecule has 5 atom stereocenters. The fourth-order valence-corrected chi connectivity index (χ4v) is 23.6. The van der Waals surface area contributed by atoms with E-state index in [0.717, 1.165) is 9.25 Å². The number of rotatable bonds is 18. The van der Waals surface area contributed by atoms with Crippen LogP contribution in [0.3, 0.4) is 0 Å². The van der Waals surface area contributed by atoms with Gasteiger partial charge in [0.15, 0.2) is 17.3 Å². The van der Waals surface area contributed by atoms with E-state index in [1.807, 2.05) is 155 Å². The molecule has 0 saturated carbocycles. The maximum atomic E-state index is 12.8. The molecular formula is C47H62O9P3S12-. The maximum Gasteiger partial charge on any atom is 0.224 e. The normalized spacial score (nSPS) is 15.6. The van der Waals surface area contributed by atoms with Crippen molar-refractivity contribution in [3.8, 4) is 0 Å². The van der Waals surface area contributed by atoms with Crippen LogP contribution in [-0.2, 0) is 43.3 Å². The van der Waals surface area contributed by atoms with Crippen molar-refractivity contribution >= 4 is 212 Å². The van der Waals surface area contributed by atoms with Crippen molar-refractivity contribution in [2.75, 3.05) is 0 Å². The molecule has 2 aromatic carbocycles. The van der Waals surface area contributed by atoms with Crippen molar-refractivity contribution in [1.82, 2.24) is 0 Å². The molecule has 2 aromatic rings. The molecule has 0 N–H and O–H groups in total. The lowest BCUT2D eigenvalue weighted by Crippen LogP contribution is -2.33. The van der Waals surface area contributed by atoms with Crippen LogP contribution in [0.15, 0.2) is 84.3 Å². The molecule has 0 aromatic heterocycles. The van der Waals surface area contributed by atoms with Gasteiger partial charge in [-0.2, -0.15) is 5.41 Å². The third kappa shape index (κ3) is 28.7. The van der Waals surface area contributed by atoms with Gasteiger partial charge in [-0.1, -0.05) is 141 Å². The Bertz CT molecular complexity index is 2240. The summed E-state index contributed by atoms with van der Waals surface area (Å²) in [5.74, 6) is 0.232. The summed E-state index contributed by atoms with van der Waals surface area (Å²) in [4.78, 5) is 38.7. The van der Waals surface area contributed by atoms with Crippen LogP contribution >= 0.6 is 154 Å². The average molecular weight is 1250 g/mol. The minimum Gasteiger partial charge on any atom is -0.476 e. The largest absolute Gasteiger partial charge is 0.476 e. The first-order valence-electron chi connectivity index (χ1n) is 22.0. The molecule has 71 heavy (non-hydrogen) atoms. The first-order valence-corrected chi connectivity index (χ1v) is 35.8. The molecule has 4 rings (SSSR count). The Morgan fingerprint density at radius 1 is 0.563 bits per heavy atom. The Labute approximate surface area is 480 Å². The second-order valence-corrected chi connectivity index (χ2v) is 33.7. The van der Waals surface area contributed by atoms with E-state index >= 15 is 0 Å². The molecule has 0 bridgehead atoms. The van der Waals surface area contributed by atoms with Crippen LogP contribution in [0.1, 0.15) is 104 Å². The summed E-state index contributed by atoms with van der Waals surface area (Å²) in [6, 6.07) is 18.5. The highest BCUT2D eigenvalue weighted by Crippen LogP contribution is 2.52. The van der Waals surface area contributed by atoms with Gasteiger partial charge in [0.25, 0.3) is 0 Å². The molecule has 0 saturated heterocycles. The van der Waals surface area contributed by atoms with Gasteiger partial charge < -0.3 is 38.5 Å². The first kappa shape index (κ1) is 66.9. The molecule has 392 valence electrons. The summed E-state index contributed by atoms with van der Waals surface area (Å²) in [5.41, 5.74) is 1.37. The fraction of sp³-hybridized carbons (Fsp3) is 0.447. The Morgan fingerprint density at radius 2 is 0.986 bits per heavy atom. The lowest BCUT2D eigenvalue weighted by molar-refractivity contribution is -0.111. The smallest absolute Gasteiger partial charge is 0.224 e. The number of carbonyl (C=O) groups is 3. The number of Topliss-reactive ketones (excluding diaryl/α,β-unsaturated/α-hetero) is 3. The second kappa shape index (κ2) is 36.8. The Morgan fingerprint density at radius 3 is 1.44 bits per heavy atom. The number of hydrogen-bond acceptors (Lipinski definition) is 21. The van der Waals surface area contributed by atoms with Crippen LogP contribution < -0.4 is 0 Å². The molecule has 2 aliphatic rings. The summed E-state index contributed by atoms with van der Waals surface area (Å²) < 4.78 is 36.2. The first-order chi connectivity index (χ1) is 33.5. The highest BCUT2D eigenvalue weighted by atomic mass is 32.7. The lowest BCUT2D eigenvalue weighted by Gasteiger charge is -2.33. The van der Waals surface area contributed by atoms with Gasteiger partial charge in [-0.15, -0.1) is 11.8 Å². The minimum absolute atomic E-state index is 0.0128. The highest BCUT2D eigenvalue weighted by molar-refractivity contribution is 8.66. The number of carbonyl (C=O) groups excluding carboxylic acids is 3. The Hall–Kier alpha value is -0.180. The molecule has 2 heterocycles. The van der Waals surface area contributed by atoms with E-state index in [1.54, 1.807) is 12.1 Å². The molecule has 0 fully saturated rings. The molecule has 9 nitrogen and oxygen atoms in total. The standard InChI is InChI=1S/C16H22O3P2S4.C16H21O3PS4.C15H19O3S4/c1-10(2)18-15(22)24-20-14(21-25-16(23)19-11(3)4)13(17)12-8-6-5-7-9-12;1-10(2)18-15(21)23-14(20-24-16(22)19-11(3)4)13(17)12-8-6-5-7-9-12;1-9(2)17-14(19)20-13-12(16)11-7-5-6-8-22(11)15(21-13)18-10(3)4/h5-11,14,20-21H,1-4H3;5-11,14,20H,1-4H3;5-10,13H,1-4H3/q;;-1. The van der Waals surface area contributed by atoms with Gasteiger partial charge in [-0.25, -0.2) is 0 Å². The van der Waals surface area contributed by atoms with E-state index in [2.05, 4.69) is 0 Å². The van der Waals surface area contributed by atoms with Crippen molar-refractivity contribution < 1.29 is 42.8 Å². The van der Waals surface area contributed by atoms with E-state index in [0.29, 0.717) is 33.0 Å². The van der Waals surface area contributed by atoms with E-state index < -0.39 is 0 Å². The summed E-state index contributed by atoms with van der Waals surface area (Å²) in [6.07, 6.45) is 5.92. The third-order valence-electron chi connectivity index (χ3n) is 7.45. The summed E-state index contributed by atoms with van der Waals surface area (Å²) in [6.45, 7) is 23.2. The molecular weight excluding hydrogens is 1190 g/mol. The van der Waals surface area contributed by atoms with E-state index in [-0.39, 0.29) is 102 Å². The average Bonchev–Trinajstić information content (AvgIpc) is 3.28. The zero-order chi connectivity index (χ0) is 53.2. The van der Waals surface area contributed by atoms with Crippen molar-refractivity contribution in [2.24, 2.45) is 0 Å². The molecule has 0 spiro atoms. The summed E-state index contributed by atoms with van der Waals surface area (Å²) in [5, 5.41) is 1.86. The Kier molecular flexibility index (Phi) is 34.7. The van der Waals surface area contributed by atoms with Crippen LogP contribution in [0.25, 0.3) is 0 Å². The van der Waals surface area contributed by atoms with Crippen LogP contribution in [0.4, 0.5) is 0 Å². The number of allylic oxidation sites excluding steroid dienone is 3. The summed E-state index contributed by atoms with van der Waals surface area (Å²) >= 11 is 34.4. The number of thioether (sulfide) groups is 3. The number of thiocarbonyl (C=S) groups is 5. The maximum absolute atomic E-state index is 12.8. The molecule has 0 aliphatic carbocycles.